The van der Waals surface area contributed by atoms with E-state index in [-0.39, 0.29) is 0 Å². The van der Waals surface area contributed by atoms with Crippen LogP contribution in [0.5, 0.6) is 0 Å². The maximum absolute atomic E-state index is 11.1. The third-order valence-corrected chi connectivity index (χ3v) is 3.13. The van der Waals surface area contributed by atoms with Crippen molar-refractivity contribution in [3.63, 3.8) is 0 Å². The van der Waals surface area contributed by atoms with Gasteiger partial charge in [-0.25, -0.2) is 4.79 Å². The van der Waals surface area contributed by atoms with Gasteiger partial charge in [0.25, 0.3) is 0 Å². The van der Waals surface area contributed by atoms with Crippen molar-refractivity contribution in [2.45, 2.75) is 12.8 Å². The first kappa shape index (κ1) is 11.1. The smallest absolute Gasteiger partial charge is 0.335 e. The second kappa shape index (κ2) is 4.26. The molecule has 2 rings (SSSR count). The number of rotatable bonds is 3. The first-order chi connectivity index (χ1) is 7.58. The van der Waals surface area contributed by atoms with Crippen LogP contribution in [-0.2, 0) is 12.8 Å². The van der Waals surface area contributed by atoms with Crippen molar-refractivity contribution in [3.8, 4) is 0 Å². The number of carbonyl (C=O) groups is 1. The van der Waals surface area contributed by atoms with Gasteiger partial charge in [0.1, 0.15) is 0 Å². The highest BCUT2D eigenvalue weighted by Crippen LogP contribution is 2.29. The minimum absolute atomic E-state index is 0.485. The van der Waals surface area contributed by atoms with Gasteiger partial charge < -0.3 is 10.0 Å². The average Bonchev–Trinajstić information content (AvgIpc) is 2.57. The van der Waals surface area contributed by atoms with Crippen LogP contribution in [0, 0.1) is 5.92 Å². The summed E-state index contributed by atoms with van der Waals surface area (Å²) in [5, 5.41) is 9.11. The molecule has 1 aliphatic carbocycles. The van der Waals surface area contributed by atoms with Crippen LogP contribution in [0.15, 0.2) is 18.2 Å². The Morgan fingerprint density at radius 1 is 1.44 bits per heavy atom. The third kappa shape index (κ3) is 2.09. The van der Waals surface area contributed by atoms with Crippen molar-refractivity contribution >= 4 is 5.97 Å². The molecule has 1 aliphatic rings. The number of carboxylic acids is 1. The standard InChI is InChI=1S/C13H17NO2/c1-14(2)8-9-6-10-4-3-5-11(13(15)16)12(10)7-9/h3-5,9H,6-8H2,1-2H3,(H,15,16). The summed E-state index contributed by atoms with van der Waals surface area (Å²) in [5.74, 6) is -0.243. The normalized spacial score (nSPS) is 18.8. The van der Waals surface area contributed by atoms with E-state index in [2.05, 4.69) is 25.1 Å². The first-order valence-corrected chi connectivity index (χ1v) is 5.56. The van der Waals surface area contributed by atoms with Crippen LogP contribution in [0.1, 0.15) is 21.5 Å². The fourth-order valence-corrected chi connectivity index (χ4v) is 2.58. The van der Waals surface area contributed by atoms with Crippen molar-refractivity contribution < 1.29 is 9.90 Å². The summed E-state index contributed by atoms with van der Waals surface area (Å²) in [4.78, 5) is 13.2. The number of carboxylic acid groups (broad SMARTS) is 1. The highest BCUT2D eigenvalue weighted by Gasteiger charge is 2.25. The van der Waals surface area contributed by atoms with Crippen molar-refractivity contribution in [1.29, 1.82) is 0 Å². The average molecular weight is 219 g/mol. The zero-order valence-electron chi connectivity index (χ0n) is 9.73. The van der Waals surface area contributed by atoms with E-state index < -0.39 is 5.97 Å². The lowest BCUT2D eigenvalue weighted by atomic mass is 10.0. The second-order valence-electron chi connectivity index (χ2n) is 4.78. The van der Waals surface area contributed by atoms with Crippen LogP contribution in [0.3, 0.4) is 0 Å². The van der Waals surface area contributed by atoms with Gasteiger partial charge in [0.2, 0.25) is 0 Å². The molecule has 0 amide bonds. The summed E-state index contributed by atoms with van der Waals surface area (Å²) in [7, 11) is 4.11. The van der Waals surface area contributed by atoms with Gasteiger partial charge in [0, 0.05) is 6.54 Å². The lowest BCUT2D eigenvalue weighted by Gasteiger charge is -2.15. The fourth-order valence-electron chi connectivity index (χ4n) is 2.58. The molecule has 0 fully saturated rings. The van der Waals surface area contributed by atoms with Crippen molar-refractivity contribution in [1.82, 2.24) is 4.90 Å². The van der Waals surface area contributed by atoms with Crippen molar-refractivity contribution in [2.24, 2.45) is 5.92 Å². The monoisotopic (exact) mass is 219 g/mol. The van der Waals surface area contributed by atoms with Gasteiger partial charge in [-0.15, -0.1) is 0 Å². The number of benzene rings is 1. The van der Waals surface area contributed by atoms with E-state index in [1.165, 1.54) is 5.56 Å². The van der Waals surface area contributed by atoms with E-state index in [0.717, 1.165) is 24.9 Å². The van der Waals surface area contributed by atoms with Crippen molar-refractivity contribution in [3.05, 3.63) is 34.9 Å². The summed E-state index contributed by atoms with van der Waals surface area (Å²) < 4.78 is 0. The molecular weight excluding hydrogens is 202 g/mol. The highest BCUT2D eigenvalue weighted by atomic mass is 16.4. The summed E-state index contributed by atoms with van der Waals surface area (Å²) >= 11 is 0. The lowest BCUT2D eigenvalue weighted by molar-refractivity contribution is 0.0695. The molecule has 1 aromatic carbocycles. The van der Waals surface area contributed by atoms with E-state index in [4.69, 9.17) is 5.11 Å². The predicted octanol–water partition coefficient (Wildman–Crippen LogP) is 1.66. The second-order valence-corrected chi connectivity index (χ2v) is 4.78. The molecule has 1 unspecified atom stereocenters. The van der Waals surface area contributed by atoms with Crippen LogP contribution in [-0.4, -0.2) is 36.6 Å². The van der Waals surface area contributed by atoms with Gasteiger partial charge >= 0.3 is 5.97 Å². The van der Waals surface area contributed by atoms with Crippen LogP contribution in [0.4, 0.5) is 0 Å². The largest absolute Gasteiger partial charge is 0.478 e. The number of hydrogen-bond acceptors (Lipinski definition) is 2. The van der Waals surface area contributed by atoms with Crippen LogP contribution in [0.25, 0.3) is 0 Å². The van der Waals surface area contributed by atoms with Crippen LogP contribution in [0.2, 0.25) is 0 Å². The Morgan fingerprint density at radius 3 is 2.81 bits per heavy atom. The Morgan fingerprint density at radius 2 is 2.19 bits per heavy atom. The van der Waals surface area contributed by atoms with E-state index in [1.807, 2.05) is 6.07 Å². The summed E-state index contributed by atoms with van der Waals surface area (Å²) in [5.41, 5.74) is 2.74. The molecule has 0 bridgehead atoms. The SMILES string of the molecule is CN(C)CC1Cc2cccc(C(=O)O)c2C1. The summed E-state index contributed by atoms with van der Waals surface area (Å²) in [6, 6.07) is 5.61. The predicted molar refractivity (Wildman–Crippen MR) is 62.9 cm³/mol. The maximum Gasteiger partial charge on any atom is 0.335 e. The molecule has 0 heterocycles. The summed E-state index contributed by atoms with van der Waals surface area (Å²) in [6.45, 7) is 1.02. The molecule has 1 atom stereocenters. The highest BCUT2D eigenvalue weighted by molar-refractivity contribution is 5.90. The van der Waals surface area contributed by atoms with Gasteiger partial charge in [-0.1, -0.05) is 12.1 Å². The quantitative estimate of drug-likeness (QED) is 0.840. The molecular formula is C13H17NO2. The molecule has 86 valence electrons. The van der Waals surface area contributed by atoms with E-state index in [0.29, 0.717) is 11.5 Å². The van der Waals surface area contributed by atoms with Gasteiger partial charge in [0.15, 0.2) is 0 Å². The van der Waals surface area contributed by atoms with Gasteiger partial charge in [0.05, 0.1) is 5.56 Å². The number of hydrogen-bond donors (Lipinski definition) is 1. The van der Waals surface area contributed by atoms with Gasteiger partial charge in [-0.3, -0.25) is 0 Å². The molecule has 1 N–H and O–H groups in total. The number of aromatic carboxylic acids is 1. The minimum atomic E-state index is -0.803. The zero-order chi connectivity index (χ0) is 11.7. The molecule has 0 radical (unpaired) electrons. The zero-order valence-corrected chi connectivity index (χ0v) is 9.73. The molecule has 16 heavy (non-hydrogen) atoms. The third-order valence-electron chi connectivity index (χ3n) is 3.13. The topological polar surface area (TPSA) is 40.5 Å². The molecule has 0 saturated carbocycles. The molecule has 3 heteroatoms. The Bertz CT molecular complexity index is 412. The van der Waals surface area contributed by atoms with E-state index >= 15 is 0 Å². The Kier molecular flexibility index (Phi) is 2.97. The van der Waals surface area contributed by atoms with Gasteiger partial charge in [-0.2, -0.15) is 0 Å². The lowest BCUT2D eigenvalue weighted by Crippen LogP contribution is -2.21. The number of nitrogens with zero attached hydrogens (tertiary/aromatic N) is 1. The Hall–Kier alpha value is -1.35. The Balaban J connectivity index is 2.23. The summed E-state index contributed by atoms with van der Waals surface area (Å²) in [6.07, 6.45) is 1.91. The molecule has 3 nitrogen and oxygen atoms in total. The van der Waals surface area contributed by atoms with E-state index in [1.54, 1.807) is 6.07 Å². The van der Waals surface area contributed by atoms with Crippen molar-refractivity contribution in [2.75, 3.05) is 20.6 Å². The molecule has 0 saturated heterocycles. The molecule has 0 spiro atoms. The Labute approximate surface area is 95.7 Å². The molecule has 1 aromatic rings. The fraction of sp³-hybridized carbons (Fsp3) is 0.462. The van der Waals surface area contributed by atoms with E-state index in [9.17, 15) is 4.79 Å². The maximum atomic E-state index is 11.1. The van der Waals surface area contributed by atoms with Gasteiger partial charge in [-0.05, 0) is 50.0 Å². The first-order valence-electron chi connectivity index (χ1n) is 5.56. The molecule has 0 aromatic heterocycles. The minimum Gasteiger partial charge on any atom is -0.478 e. The number of fused-ring (bicyclic) bond motifs is 1. The molecule has 0 aliphatic heterocycles. The van der Waals surface area contributed by atoms with Crippen LogP contribution < -0.4 is 0 Å². The van der Waals surface area contributed by atoms with Crippen LogP contribution >= 0.6 is 0 Å².